The second-order valence-corrected chi connectivity index (χ2v) is 3.26. The highest BCUT2D eigenvalue weighted by molar-refractivity contribution is 7.27. The van der Waals surface area contributed by atoms with Gasteiger partial charge in [0, 0.05) is 5.30 Å². The Morgan fingerprint density at radius 3 is 2.58 bits per heavy atom. The lowest BCUT2D eigenvalue weighted by Gasteiger charge is -2.04. The lowest BCUT2D eigenvalue weighted by Crippen LogP contribution is -2.08. The van der Waals surface area contributed by atoms with Gasteiger partial charge in [0.05, 0.1) is 0 Å². The SMILES string of the molecule is CCCc1ccc(F)c(F)c1P. The van der Waals surface area contributed by atoms with E-state index in [9.17, 15) is 8.78 Å². The van der Waals surface area contributed by atoms with Crippen molar-refractivity contribution in [3.05, 3.63) is 29.3 Å². The van der Waals surface area contributed by atoms with Crippen molar-refractivity contribution in [3.63, 3.8) is 0 Å². The lowest BCUT2D eigenvalue weighted by atomic mass is 10.1. The van der Waals surface area contributed by atoms with Crippen molar-refractivity contribution >= 4 is 14.5 Å². The molecule has 0 aliphatic heterocycles. The van der Waals surface area contributed by atoms with Gasteiger partial charge in [0.25, 0.3) is 0 Å². The molecule has 66 valence electrons. The van der Waals surface area contributed by atoms with Crippen LogP contribution in [0.5, 0.6) is 0 Å². The van der Waals surface area contributed by atoms with Gasteiger partial charge in [-0.05, 0) is 18.1 Å². The Kier molecular flexibility index (Phi) is 3.16. The Morgan fingerprint density at radius 2 is 2.00 bits per heavy atom. The van der Waals surface area contributed by atoms with E-state index in [1.54, 1.807) is 6.07 Å². The topological polar surface area (TPSA) is 0 Å². The molecule has 0 amide bonds. The molecule has 1 atom stereocenters. The quantitative estimate of drug-likeness (QED) is 0.625. The Balaban J connectivity index is 3.08. The van der Waals surface area contributed by atoms with Crippen LogP contribution < -0.4 is 5.30 Å². The molecule has 0 radical (unpaired) electrons. The van der Waals surface area contributed by atoms with Crippen LogP contribution in [-0.2, 0) is 6.42 Å². The fourth-order valence-corrected chi connectivity index (χ4v) is 1.47. The van der Waals surface area contributed by atoms with Crippen molar-refractivity contribution in [3.8, 4) is 0 Å². The van der Waals surface area contributed by atoms with Gasteiger partial charge >= 0.3 is 0 Å². The van der Waals surface area contributed by atoms with E-state index in [0.717, 1.165) is 18.4 Å². The molecule has 12 heavy (non-hydrogen) atoms. The van der Waals surface area contributed by atoms with Crippen LogP contribution in [0.25, 0.3) is 0 Å². The zero-order valence-electron chi connectivity index (χ0n) is 6.90. The maximum atomic E-state index is 12.9. The minimum Gasteiger partial charge on any atom is -0.204 e. The second-order valence-electron chi connectivity index (χ2n) is 2.68. The van der Waals surface area contributed by atoms with E-state index in [0.29, 0.717) is 5.30 Å². The summed E-state index contributed by atoms with van der Waals surface area (Å²) < 4.78 is 25.5. The molecule has 0 nitrogen and oxygen atoms in total. The monoisotopic (exact) mass is 188 g/mol. The highest BCUT2D eigenvalue weighted by atomic mass is 31.0. The fourth-order valence-electron chi connectivity index (χ4n) is 1.09. The normalized spacial score (nSPS) is 10.3. The van der Waals surface area contributed by atoms with Crippen molar-refractivity contribution < 1.29 is 8.78 Å². The number of aryl methyl sites for hydroxylation is 1. The standard InChI is InChI=1S/C9H11F2P/c1-2-3-6-4-5-7(10)8(11)9(6)12/h4-5H,2-3,12H2,1H3. The zero-order chi connectivity index (χ0) is 9.14. The van der Waals surface area contributed by atoms with Crippen molar-refractivity contribution in [2.75, 3.05) is 0 Å². The molecule has 0 spiro atoms. The molecule has 0 saturated heterocycles. The van der Waals surface area contributed by atoms with Crippen LogP contribution in [0.3, 0.4) is 0 Å². The molecule has 1 aromatic rings. The molecular weight excluding hydrogens is 177 g/mol. The van der Waals surface area contributed by atoms with Crippen molar-refractivity contribution in [1.82, 2.24) is 0 Å². The van der Waals surface area contributed by atoms with Crippen LogP contribution in [0, 0.1) is 11.6 Å². The maximum absolute atomic E-state index is 12.9. The van der Waals surface area contributed by atoms with Gasteiger partial charge in [-0.3, -0.25) is 0 Å². The summed E-state index contributed by atoms with van der Waals surface area (Å²) in [5, 5.41) is 0.358. The molecule has 0 bridgehead atoms. The van der Waals surface area contributed by atoms with Gasteiger partial charge in [0.2, 0.25) is 0 Å². The van der Waals surface area contributed by atoms with Gasteiger partial charge in [0.1, 0.15) is 0 Å². The smallest absolute Gasteiger partial charge is 0.166 e. The first-order valence-corrected chi connectivity index (χ1v) is 4.47. The van der Waals surface area contributed by atoms with E-state index >= 15 is 0 Å². The first kappa shape index (κ1) is 9.60. The molecular formula is C9H11F2P. The average molecular weight is 188 g/mol. The molecule has 0 aliphatic rings. The van der Waals surface area contributed by atoms with Gasteiger partial charge in [-0.15, -0.1) is 9.24 Å². The molecule has 0 aliphatic carbocycles. The fraction of sp³-hybridized carbons (Fsp3) is 0.333. The second kappa shape index (κ2) is 3.95. The summed E-state index contributed by atoms with van der Waals surface area (Å²) in [6, 6.07) is 2.80. The van der Waals surface area contributed by atoms with Crippen molar-refractivity contribution in [2.45, 2.75) is 19.8 Å². The number of rotatable bonds is 2. The maximum Gasteiger partial charge on any atom is 0.166 e. The number of halogens is 2. The Morgan fingerprint density at radius 1 is 1.33 bits per heavy atom. The summed E-state index contributed by atoms with van der Waals surface area (Å²) in [5.74, 6) is -1.52. The summed E-state index contributed by atoms with van der Waals surface area (Å²) >= 11 is 0. The third kappa shape index (κ3) is 1.81. The molecule has 0 fully saturated rings. The molecule has 0 N–H and O–H groups in total. The first-order valence-electron chi connectivity index (χ1n) is 3.89. The molecule has 0 heterocycles. The molecule has 3 heteroatoms. The van der Waals surface area contributed by atoms with E-state index in [-0.39, 0.29) is 0 Å². The Bertz CT molecular complexity index is 284. The summed E-state index contributed by atoms with van der Waals surface area (Å²) in [6.07, 6.45) is 1.72. The number of hydrogen-bond acceptors (Lipinski definition) is 0. The zero-order valence-corrected chi connectivity index (χ0v) is 8.06. The molecule has 1 rings (SSSR count). The van der Waals surface area contributed by atoms with Gasteiger partial charge in [-0.25, -0.2) is 8.78 Å². The van der Waals surface area contributed by atoms with E-state index in [2.05, 4.69) is 9.24 Å². The minimum atomic E-state index is -0.778. The molecule has 1 unspecified atom stereocenters. The van der Waals surface area contributed by atoms with Gasteiger partial charge in [-0.2, -0.15) is 0 Å². The minimum absolute atomic E-state index is 0.358. The van der Waals surface area contributed by atoms with E-state index in [1.165, 1.54) is 6.07 Å². The van der Waals surface area contributed by atoms with Gasteiger partial charge in [0.15, 0.2) is 11.6 Å². The third-order valence-electron chi connectivity index (χ3n) is 1.74. The van der Waals surface area contributed by atoms with Crippen molar-refractivity contribution in [2.24, 2.45) is 0 Å². The van der Waals surface area contributed by atoms with E-state index in [1.807, 2.05) is 6.92 Å². The van der Waals surface area contributed by atoms with Crippen LogP contribution in [0.1, 0.15) is 18.9 Å². The van der Waals surface area contributed by atoms with Gasteiger partial charge < -0.3 is 0 Å². The lowest BCUT2D eigenvalue weighted by molar-refractivity contribution is 0.513. The predicted octanol–water partition coefficient (Wildman–Crippen LogP) is 2.42. The highest BCUT2D eigenvalue weighted by Gasteiger charge is 2.08. The molecule has 0 saturated carbocycles. The Hall–Kier alpha value is -0.490. The van der Waals surface area contributed by atoms with Crippen LogP contribution in [-0.4, -0.2) is 0 Å². The molecule has 1 aromatic carbocycles. The van der Waals surface area contributed by atoms with E-state index in [4.69, 9.17) is 0 Å². The third-order valence-corrected chi connectivity index (χ3v) is 2.37. The molecule has 0 aromatic heterocycles. The van der Waals surface area contributed by atoms with Crippen LogP contribution >= 0.6 is 9.24 Å². The summed E-state index contributed by atoms with van der Waals surface area (Å²) in [6.45, 7) is 2.01. The number of benzene rings is 1. The van der Waals surface area contributed by atoms with Crippen LogP contribution in [0.2, 0.25) is 0 Å². The first-order chi connectivity index (χ1) is 5.66. The Labute approximate surface area is 73.2 Å². The largest absolute Gasteiger partial charge is 0.204 e. The predicted molar refractivity (Wildman–Crippen MR) is 49.7 cm³/mol. The highest BCUT2D eigenvalue weighted by Crippen LogP contribution is 2.11. The summed E-state index contributed by atoms with van der Waals surface area (Å²) in [4.78, 5) is 0. The van der Waals surface area contributed by atoms with E-state index < -0.39 is 11.6 Å². The van der Waals surface area contributed by atoms with Crippen molar-refractivity contribution in [1.29, 1.82) is 0 Å². The summed E-state index contributed by atoms with van der Waals surface area (Å²) in [5.41, 5.74) is 0.862. The van der Waals surface area contributed by atoms with Gasteiger partial charge in [-0.1, -0.05) is 19.4 Å². The average Bonchev–Trinajstić information content (AvgIpc) is 2.07. The van der Waals surface area contributed by atoms with Crippen LogP contribution in [0.4, 0.5) is 8.78 Å². The van der Waals surface area contributed by atoms with Crippen LogP contribution in [0.15, 0.2) is 12.1 Å². The number of hydrogen-bond donors (Lipinski definition) is 0. The summed E-state index contributed by atoms with van der Waals surface area (Å²) in [7, 11) is 2.24.